The first-order valence-electron chi connectivity index (χ1n) is 10.1. The maximum Gasteiger partial charge on any atom is 0.253 e. The van der Waals surface area contributed by atoms with Gasteiger partial charge in [-0.1, -0.05) is 24.3 Å². The highest BCUT2D eigenvalue weighted by Gasteiger charge is 2.30. The van der Waals surface area contributed by atoms with Crippen LogP contribution in [0.5, 0.6) is 0 Å². The number of nitrogens with zero attached hydrogens (tertiary/aromatic N) is 3. The first-order chi connectivity index (χ1) is 14.7. The van der Waals surface area contributed by atoms with E-state index in [9.17, 15) is 9.59 Å². The molecule has 30 heavy (non-hydrogen) atoms. The number of benzene rings is 1. The van der Waals surface area contributed by atoms with E-state index in [1.54, 1.807) is 41.2 Å². The quantitative estimate of drug-likeness (QED) is 0.436. The maximum absolute atomic E-state index is 13.0. The standard InChI is InChI=1S/C24H23N3O2S/c28-23(21-7-1-3-13-25-21)20-6-5-15-27(16-20)24(29)19-11-9-18(10-12-19)17-30-22-8-2-4-14-26-22/h1-4,7-14,20H,5-6,15-17H2. The van der Waals surface area contributed by atoms with Crippen LogP contribution in [-0.4, -0.2) is 39.6 Å². The third-order valence-corrected chi connectivity index (χ3v) is 6.24. The number of aromatic nitrogens is 2. The second-order valence-electron chi connectivity index (χ2n) is 7.32. The van der Waals surface area contributed by atoms with Gasteiger partial charge in [-0.15, -0.1) is 11.8 Å². The molecule has 0 saturated carbocycles. The van der Waals surface area contributed by atoms with Gasteiger partial charge in [-0.3, -0.25) is 14.6 Å². The number of Topliss-reactive ketones (excluding diaryl/α,β-unsaturated/α-hetero) is 1. The molecule has 4 rings (SSSR count). The molecule has 1 aromatic carbocycles. The van der Waals surface area contributed by atoms with Gasteiger partial charge in [0.15, 0.2) is 5.78 Å². The van der Waals surface area contributed by atoms with Crippen molar-refractivity contribution >= 4 is 23.5 Å². The average Bonchev–Trinajstić information content (AvgIpc) is 2.83. The highest BCUT2D eigenvalue weighted by atomic mass is 32.2. The summed E-state index contributed by atoms with van der Waals surface area (Å²) in [5.41, 5.74) is 2.28. The molecule has 1 amide bonds. The number of carbonyl (C=O) groups excluding carboxylic acids is 2. The van der Waals surface area contributed by atoms with Crippen molar-refractivity contribution in [2.45, 2.75) is 23.6 Å². The van der Waals surface area contributed by atoms with Crippen LogP contribution in [0.15, 0.2) is 78.1 Å². The molecule has 1 aliphatic rings. The van der Waals surface area contributed by atoms with Crippen molar-refractivity contribution in [3.8, 4) is 0 Å². The Morgan fingerprint density at radius 3 is 2.43 bits per heavy atom. The fraction of sp³-hybridized carbons (Fsp3) is 0.250. The molecule has 0 spiro atoms. The number of ketones is 1. The van der Waals surface area contributed by atoms with Crippen LogP contribution >= 0.6 is 11.8 Å². The van der Waals surface area contributed by atoms with Crippen LogP contribution in [0, 0.1) is 5.92 Å². The Labute approximate surface area is 180 Å². The molecule has 1 fully saturated rings. The summed E-state index contributed by atoms with van der Waals surface area (Å²) in [5, 5.41) is 0.981. The predicted molar refractivity (Wildman–Crippen MR) is 117 cm³/mol. The Morgan fingerprint density at radius 1 is 0.967 bits per heavy atom. The van der Waals surface area contributed by atoms with Crippen LogP contribution in [0.2, 0.25) is 0 Å². The Balaban J connectivity index is 1.37. The Bertz CT molecular complexity index is 994. The number of thioether (sulfide) groups is 1. The average molecular weight is 418 g/mol. The summed E-state index contributed by atoms with van der Waals surface area (Å²) >= 11 is 1.67. The molecule has 0 bridgehead atoms. The zero-order valence-electron chi connectivity index (χ0n) is 16.6. The van der Waals surface area contributed by atoms with Crippen molar-refractivity contribution in [1.82, 2.24) is 14.9 Å². The van der Waals surface area contributed by atoms with Gasteiger partial charge in [-0.25, -0.2) is 4.98 Å². The van der Waals surface area contributed by atoms with Crippen LogP contribution in [0.25, 0.3) is 0 Å². The summed E-state index contributed by atoms with van der Waals surface area (Å²) < 4.78 is 0. The highest BCUT2D eigenvalue weighted by molar-refractivity contribution is 7.98. The van der Waals surface area contributed by atoms with Crippen molar-refractivity contribution in [2.75, 3.05) is 13.1 Å². The Morgan fingerprint density at radius 2 is 1.73 bits per heavy atom. The van der Waals surface area contributed by atoms with E-state index in [4.69, 9.17) is 0 Å². The molecule has 1 atom stereocenters. The lowest BCUT2D eigenvalue weighted by Crippen LogP contribution is -2.42. The van der Waals surface area contributed by atoms with E-state index in [1.165, 1.54) is 0 Å². The minimum Gasteiger partial charge on any atom is -0.338 e. The molecule has 1 saturated heterocycles. The van der Waals surface area contributed by atoms with Crippen LogP contribution in [0.1, 0.15) is 39.3 Å². The first-order valence-corrected chi connectivity index (χ1v) is 11.1. The topological polar surface area (TPSA) is 63.2 Å². The molecule has 1 unspecified atom stereocenters. The Kier molecular flexibility index (Phi) is 6.54. The van der Waals surface area contributed by atoms with Crippen LogP contribution in [0.3, 0.4) is 0 Å². The molecule has 1 aliphatic heterocycles. The Hall–Kier alpha value is -2.99. The minimum absolute atomic E-state index is 0.0163. The van der Waals surface area contributed by atoms with E-state index < -0.39 is 0 Å². The lowest BCUT2D eigenvalue weighted by molar-refractivity contribution is 0.0635. The minimum atomic E-state index is -0.188. The van der Waals surface area contributed by atoms with E-state index >= 15 is 0 Å². The normalized spacial score (nSPS) is 16.3. The largest absolute Gasteiger partial charge is 0.338 e. The molecule has 2 aromatic heterocycles. The van der Waals surface area contributed by atoms with Gasteiger partial charge in [0.25, 0.3) is 5.91 Å². The smallest absolute Gasteiger partial charge is 0.253 e. The molecule has 0 aliphatic carbocycles. The predicted octanol–water partition coefficient (Wildman–Crippen LogP) is 4.50. The summed E-state index contributed by atoms with van der Waals surface area (Å²) in [6.07, 6.45) is 5.04. The zero-order valence-corrected chi connectivity index (χ0v) is 17.4. The third-order valence-electron chi connectivity index (χ3n) is 5.22. The molecule has 152 valence electrons. The zero-order chi connectivity index (χ0) is 20.8. The van der Waals surface area contributed by atoms with E-state index in [0.29, 0.717) is 24.3 Å². The number of piperidine rings is 1. The molecule has 0 radical (unpaired) electrons. The number of hydrogen-bond acceptors (Lipinski definition) is 5. The fourth-order valence-corrected chi connectivity index (χ4v) is 4.43. The molecule has 5 nitrogen and oxygen atoms in total. The number of likely N-dealkylation sites (tertiary alicyclic amines) is 1. The molecule has 3 heterocycles. The SMILES string of the molecule is O=C(c1ccccn1)C1CCCN(C(=O)c2ccc(CSc3ccccn3)cc2)C1. The van der Waals surface area contributed by atoms with Gasteiger partial charge < -0.3 is 4.90 Å². The fourth-order valence-electron chi connectivity index (χ4n) is 3.61. The number of pyridine rings is 2. The first kappa shape index (κ1) is 20.3. The second-order valence-corrected chi connectivity index (χ2v) is 8.32. The van der Waals surface area contributed by atoms with E-state index in [1.807, 2.05) is 48.5 Å². The van der Waals surface area contributed by atoms with Crippen LogP contribution in [-0.2, 0) is 5.75 Å². The van der Waals surface area contributed by atoms with E-state index in [0.717, 1.165) is 29.2 Å². The van der Waals surface area contributed by atoms with Crippen molar-refractivity contribution < 1.29 is 9.59 Å². The van der Waals surface area contributed by atoms with E-state index in [-0.39, 0.29) is 17.6 Å². The summed E-state index contributed by atoms with van der Waals surface area (Å²) in [4.78, 5) is 36.0. The van der Waals surface area contributed by atoms with Gasteiger partial charge in [0.1, 0.15) is 5.69 Å². The number of carbonyl (C=O) groups is 2. The van der Waals surface area contributed by atoms with Gasteiger partial charge in [0.2, 0.25) is 0 Å². The monoisotopic (exact) mass is 417 g/mol. The number of rotatable bonds is 6. The number of hydrogen-bond donors (Lipinski definition) is 0. The summed E-state index contributed by atoms with van der Waals surface area (Å²) in [5.74, 6) is 0.620. The van der Waals surface area contributed by atoms with Gasteiger partial charge in [0, 0.05) is 42.7 Å². The second kappa shape index (κ2) is 9.67. The highest BCUT2D eigenvalue weighted by Crippen LogP contribution is 2.23. The molecule has 3 aromatic rings. The van der Waals surface area contributed by atoms with Crippen LogP contribution < -0.4 is 0 Å². The lowest BCUT2D eigenvalue weighted by Gasteiger charge is -2.32. The molecular formula is C24H23N3O2S. The summed E-state index contributed by atoms with van der Waals surface area (Å²) in [6.45, 7) is 1.13. The number of amides is 1. The molecule has 0 N–H and O–H groups in total. The van der Waals surface area contributed by atoms with Crippen molar-refractivity contribution in [3.63, 3.8) is 0 Å². The van der Waals surface area contributed by atoms with Crippen molar-refractivity contribution in [2.24, 2.45) is 5.92 Å². The third kappa shape index (κ3) is 4.94. The summed E-state index contributed by atoms with van der Waals surface area (Å²) in [6, 6.07) is 19.0. The van der Waals surface area contributed by atoms with Crippen molar-refractivity contribution in [3.05, 3.63) is 89.9 Å². The molecular weight excluding hydrogens is 394 g/mol. The van der Waals surface area contributed by atoms with Crippen molar-refractivity contribution in [1.29, 1.82) is 0 Å². The van der Waals surface area contributed by atoms with Gasteiger partial charge in [-0.05, 0) is 54.8 Å². The molecule has 6 heteroatoms. The van der Waals surface area contributed by atoms with Gasteiger partial charge in [0.05, 0.1) is 5.03 Å². The lowest BCUT2D eigenvalue weighted by atomic mass is 9.91. The van der Waals surface area contributed by atoms with Crippen LogP contribution in [0.4, 0.5) is 0 Å². The maximum atomic E-state index is 13.0. The summed E-state index contributed by atoms with van der Waals surface area (Å²) in [7, 11) is 0. The van der Waals surface area contributed by atoms with Gasteiger partial charge >= 0.3 is 0 Å². The van der Waals surface area contributed by atoms with Gasteiger partial charge in [-0.2, -0.15) is 0 Å². The van der Waals surface area contributed by atoms with E-state index in [2.05, 4.69) is 9.97 Å².